The zero-order valence-corrected chi connectivity index (χ0v) is 25.8. The number of esters is 2. The van der Waals surface area contributed by atoms with Crippen LogP contribution in [0.2, 0.25) is 0 Å². The summed E-state index contributed by atoms with van der Waals surface area (Å²) in [4.78, 5) is 76.6. The summed E-state index contributed by atoms with van der Waals surface area (Å²) < 4.78 is 43.1. The van der Waals surface area contributed by atoms with Crippen molar-refractivity contribution in [1.82, 2.24) is 20.1 Å². The van der Waals surface area contributed by atoms with E-state index in [9.17, 15) is 37.1 Å². The standard InChI is InChI=1S/C28H29F3N6O7S2/c29-28(30,31)26(42)43-25(41)20-15(9-14-7-8-36(22(14)39)10-13-5-6-13)11-45-24-19(23(40)37(20)24)34-21(38)18(17-12-46-27(32)33-17)35-44-16-3-1-2-4-16/h9,12-13,16,19,24H,1-8,10-11H2,(H2,32,33)(H,34,38)/b14-9?,35-18-/t19-,24-/m1/s1. The fraction of sp³-hybridized carbons (Fsp3) is 0.536. The third-order valence-electron chi connectivity index (χ3n) is 8.21. The number of β-lactam (4-membered cyclic amide) rings is 1. The molecule has 2 saturated carbocycles. The highest BCUT2D eigenvalue weighted by atomic mass is 32.2. The van der Waals surface area contributed by atoms with Crippen LogP contribution in [0.1, 0.15) is 50.6 Å². The third kappa shape index (κ3) is 6.63. The molecular weight excluding hydrogens is 653 g/mol. The van der Waals surface area contributed by atoms with Crippen molar-refractivity contribution in [3.05, 3.63) is 34.0 Å². The van der Waals surface area contributed by atoms with Gasteiger partial charge in [0.2, 0.25) is 5.91 Å². The predicted octanol–water partition coefficient (Wildman–Crippen LogP) is 2.24. The van der Waals surface area contributed by atoms with Crippen molar-refractivity contribution in [1.29, 1.82) is 0 Å². The number of hydrogen-bond donors (Lipinski definition) is 2. The van der Waals surface area contributed by atoms with E-state index in [2.05, 4.69) is 20.2 Å². The van der Waals surface area contributed by atoms with E-state index in [-0.39, 0.29) is 39.9 Å². The van der Waals surface area contributed by atoms with Gasteiger partial charge in [0.1, 0.15) is 28.9 Å². The summed E-state index contributed by atoms with van der Waals surface area (Å²) in [7, 11) is 0. The topological polar surface area (TPSA) is 174 Å². The van der Waals surface area contributed by atoms with Crippen LogP contribution in [-0.2, 0) is 33.5 Å². The molecule has 0 aromatic carbocycles. The van der Waals surface area contributed by atoms with Crippen molar-refractivity contribution >= 4 is 63.6 Å². The number of nitrogens with two attached hydrogens (primary N) is 1. The van der Waals surface area contributed by atoms with Crippen molar-refractivity contribution in [3.63, 3.8) is 0 Å². The fourth-order valence-electron chi connectivity index (χ4n) is 5.66. The number of carbonyl (C=O) groups is 5. The molecule has 4 fully saturated rings. The van der Waals surface area contributed by atoms with Gasteiger partial charge in [0, 0.05) is 29.8 Å². The summed E-state index contributed by atoms with van der Waals surface area (Å²) in [5.41, 5.74) is 5.43. The van der Waals surface area contributed by atoms with Gasteiger partial charge in [0.05, 0.1) is 0 Å². The summed E-state index contributed by atoms with van der Waals surface area (Å²) in [6.45, 7) is 1.05. The first-order chi connectivity index (χ1) is 21.9. The number of fused-ring (bicyclic) bond motifs is 1. The minimum atomic E-state index is -5.47. The summed E-state index contributed by atoms with van der Waals surface area (Å²) >= 11 is 2.18. The van der Waals surface area contributed by atoms with E-state index in [1.165, 1.54) is 11.5 Å². The highest BCUT2D eigenvalue weighted by Crippen LogP contribution is 2.42. The Labute approximate surface area is 268 Å². The monoisotopic (exact) mass is 682 g/mol. The SMILES string of the molecule is Nc1nc(/C(=N/OC2CCCC2)C(=O)N[C@@H]2C(=O)N3C(C(=O)OC(=O)C(F)(F)F)=C(C=C4CCN(CC5CC5)C4=O)CS[C@H]23)cs1. The van der Waals surface area contributed by atoms with Crippen molar-refractivity contribution in [3.8, 4) is 0 Å². The smallest absolute Gasteiger partial charge is 0.392 e. The largest absolute Gasteiger partial charge is 0.491 e. The van der Waals surface area contributed by atoms with Gasteiger partial charge in [-0.05, 0) is 62.5 Å². The lowest BCUT2D eigenvalue weighted by Crippen LogP contribution is -2.71. The van der Waals surface area contributed by atoms with E-state index in [0.717, 1.165) is 66.5 Å². The second-order valence-electron chi connectivity index (χ2n) is 11.5. The maximum absolute atomic E-state index is 13.4. The van der Waals surface area contributed by atoms with E-state index < -0.39 is 47.0 Å². The molecule has 0 radical (unpaired) electrons. The number of likely N-dealkylation sites (tertiary alicyclic amines) is 1. The molecule has 1 aromatic heterocycles. The van der Waals surface area contributed by atoms with Crippen LogP contribution in [0.25, 0.3) is 0 Å². The van der Waals surface area contributed by atoms with Crippen molar-refractivity contribution in [2.24, 2.45) is 11.1 Å². The molecule has 3 amide bonds. The predicted molar refractivity (Wildman–Crippen MR) is 158 cm³/mol. The van der Waals surface area contributed by atoms with Crippen LogP contribution in [-0.4, -0.2) is 92.7 Å². The molecular formula is C28H29F3N6O7S2. The quantitative estimate of drug-likeness (QED) is 0.0982. The molecule has 246 valence electrons. The number of amides is 3. The molecule has 46 heavy (non-hydrogen) atoms. The molecule has 4 heterocycles. The number of ether oxygens (including phenoxy) is 1. The van der Waals surface area contributed by atoms with E-state index in [4.69, 9.17) is 10.6 Å². The van der Waals surface area contributed by atoms with Crippen molar-refractivity contribution < 1.29 is 46.7 Å². The number of halogens is 3. The Balaban J connectivity index is 1.24. The summed E-state index contributed by atoms with van der Waals surface area (Å²) in [6, 6.07) is -1.22. The summed E-state index contributed by atoms with van der Waals surface area (Å²) in [5.74, 6) is -5.95. The maximum Gasteiger partial charge on any atom is 0.491 e. The number of nitrogens with one attached hydrogen (secondary N) is 1. The number of allylic oxidation sites excluding steroid dienone is 1. The van der Waals surface area contributed by atoms with Gasteiger partial charge in [0.25, 0.3) is 11.8 Å². The zero-order chi connectivity index (χ0) is 32.7. The van der Waals surface area contributed by atoms with Gasteiger partial charge in [-0.3, -0.25) is 19.3 Å². The molecule has 0 unspecified atom stereocenters. The molecule has 6 rings (SSSR count). The van der Waals surface area contributed by atoms with Crippen LogP contribution in [0, 0.1) is 5.92 Å². The second-order valence-corrected chi connectivity index (χ2v) is 13.5. The third-order valence-corrected chi connectivity index (χ3v) is 10.2. The van der Waals surface area contributed by atoms with Crippen LogP contribution >= 0.6 is 23.1 Å². The second kappa shape index (κ2) is 12.7. The molecule has 3 aliphatic heterocycles. The number of anilines is 1. The number of rotatable bonds is 9. The average Bonchev–Trinajstić information content (AvgIpc) is 3.31. The van der Waals surface area contributed by atoms with Crippen LogP contribution in [0.15, 0.2) is 33.5 Å². The zero-order valence-electron chi connectivity index (χ0n) is 24.2. The van der Waals surface area contributed by atoms with Gasteiger partial charge >= 0.3 is 18.1 Å². The van der Waals surface area contributed by atoms with E-state index >= 15 is 0 Å². The number of nitrogens with zero attached hydrogens (tertiary/aromatic N) is 4. The lowest BCUT2D eigenvalue weighted by molar-refractivity contribution is -0.201. The Bertz CT molecular complexity index is 1560. The minimum Gasteiger partial charge on any atom is -0.392 e. The number of thiazole rings is 1. The maximum atomic E-state index is 13.4. The number of oxime groups is 1. The van der Waals surface area contributed by atoms with Gasteiger partial charge in [-0.2, -0.15) is 13.2 Å². The van der Waals surface area contributed by atoms with Gasteiger partial charge < -0.3 is 25.5 Å². The Morgan fingerprint density at radius 2 is 1.91 bits per heavy atom. The molecule has 5 aliphatic rings. The lowest BCUT2D eigenvalue weighted by atomic mass is 10.0. The van der Waals surface area contributed by atoms with E-state index in [0.29, 0.717) is 31.0 Å². The van der Waals surface area contributed by atoms with Crippen molar-refractivity contribution in [2.75, 3.05) is 24.6 Å². The minimum absolute atomic E-state index is 0.0286. The molecule has 1 aromatic rings. The van der Waals surface area contributed by atoms with Crippen LogP contribution < -0.4 is 11.1 Å². The highest BCUT2D eigenvalue weighted by Gasteiger charge is 2.55. The number of nitrogen functional groups attached to an aromatic ring is 1. The van der Waals surface area contributed by atoms with Gasteiger partial charge in [0.15, 0.2) is 10.8 Å². The Hall–Kier alpha value is -3.93. The van der Waals surface area contributed by atoms with Crippen molar-refractivity contribution in [2.45, 2.75) is 68.6 Å². The number of aromatic nitrogens is 1. The lowest BCUT2D eigenvalue weighted by Gasteiger charge is -2.49. The van der Waals surface area contributed by atoms with Crippen LogP contribution in [0.5, 0.6) is 0 Å². The Morgan fingerprint density at radius 3 is 2.57 bits per heavy atom. The molecule has 13 nitrogen and oxygen atoms in total. The fourth-order valence-corrected chi connectivity index (χ4v) is 7.52. The molecule has 18 heteroatoms. The summed E-state index contributed by atoms with van der Waals surface area (Å²) in [6.07, 6.45) is 1.55. The number of carbonyl (C=O) groups excluding carboxylic acids is 5. The normalized spacial score (nSPS) is 24.8. The van der Waals surface area contributed by atoms with E-state index in [1.807, 2.05) is 0 Å². The average molecular weight is 683 g/mol. The molecule has 0 bridgehead atoms. The number of alkyl halides is 3. The number of thioether (sulfide) groups is 1. The molecule has 3 N–H and O–H groups in total. The van der Waals surface area contributed by atoms with Crippen LogP contribution in [0.4, 0.5) is 18.3 Å². The van der Waals surface area contributed by atoms with Crippen LogP contribution in [0.3, 0.4) is 0 Å². The number of hydrogen-bond acceptors (Lipinski definition) is 12. The summed E-state index contributed by atoms with van der Waals surface area (Å²) in [5, 5.41) is 7.32. The molecule has 0 spiro atoms. The van der Waals surface area contributed by atoms with Gasteiger partial charge in [-0.1, -0.05) is 5.16 Å². The van der Waals surface area contributed by atoms with Gasteiger partial charge in [-0.15, -0.1) is 23.1 Å². The molecule has 2 aliphatic carbocycles. The Kier molecular flexibility index (Phi) is 8.84. The molecule has 2 atom stereocenters. The first-order valence-electron chi connectivity index (χ1n) is 14.7. The first kappa shape index (κ1) is 32.0. The molecule has 2 saturated heterocycles. The Morgan fingerprint density at radius 1 is 1.17 bits per heavy atom. The first-order valence-corrected chi connectivity index (χ1v) is 16.6. The van der Waals surface area contributed by atoms with Gasteiger partial charge in [-0.25, -0.2) is 14.6 Å². The van der Waals surface area contributed by atoms with E-state index in [1.54, 1.807) is 4.90 Å². The highest BCUT2D eigenvalue weighted by molar-refractivity contribution is 8.00.